The zero-order chi connectivity index (χ0) is 106. The zero-order valence-corrected chi connectivity index (χ0v) is 89.8. The number of aliphatic hydroxyl groups is 2. The van der Waals surface area contributed by atoms with Gasteiger partial charge in [0, 0.05) is 70.7 Å². The monoisotopic (exact) mass is 2070 g/mol. The Labute approximate surface area is 864 Å². The Morgan fingerprint density at radius 1 is 0.221 bits per heavy atom. The average molecular weight is 2070 g/mol. The highest BCUT2D eigenvalue weighted by atomic mass is 16.6. The van der Waals surface area contributed by atoms with E-state index in [1.165, 1.54) is 13.8 Å². The second kappa shape index (κ2) is 101. The molecule has 0 amide bonds. The molecule has 0 bridgehead atoms. The van der Waals surface area contributed by atoms with Gasteiger partial charge in [-0.25, -0.2) is 0 Å². The van der Waals surface area contributed by atoms with Crippen LogP contribution < -0.4 is 0 Å². The quantitative estimate of drug-likeness (QED) is 0.0179. The van der Waals surface area contributed by atoms with Crippen molar-refractivity contribution >= 4 is 45.4 Å². The molecule has 2 unspecified atom stereocenters. The Hall–Kier alpha value is -7.38. The molecule has 2 N–H and O–H groups in total. The Morgan fingerprint density at radius 3 is 0.524 bits per heavy atom. The van der Waals surface area contributed by atoms with Gasteiger partial charge in [-0.05, 0) is 113 Å². The van der Waals surface area contributed by atoms with Gasteiger partial charge in [-0.1, -0.05) is 117 Å². The van der Waals surface area contributed by atoms with Gasteiger partial charge in [-0.3, -0.25) is 9.59 Å². The molecule has 4 aromatic rings. The van der Waals surface area contributed by atoms with Crippen molar-refractivity contribution in [1.29, 1.82) is 0 Å². The second-order valence-electron chi connectivity index (χ2n) is 31.8. The SMILES string of the molecule is C=C(COCCOCCOCCOC)c1ccc(C(=C)COCCOCCOCCOC)cc1.C=C(COCCOCCOCCOC)c1ccc(C(C)=COCCOCCOCCOC)cc1.CC(=O)OC(C)=O.COCCOCCOCCOC=C(C)c1ccc(C(C)=COCCOCCOCCOC)cc1.COCCOCCOCCOCC(C)(O)c1ccc(C(C)(O)COCCOCCOCCOC)cc1. The van der Waals surface area contributed by atoms with E-state index in [0.717, 1.165) is 66.8 Å². The van der Waals surface area contributed by atoms with Crippen molar-refractivity contribution in [2.24, 2.45) is 0 Å². The fourth-order valence-electron chi connectivity index (χ4n) is 11.2. The highest BCUT2D eigenvalue weighted by Gasteiger charge is 2.28. The Kier molecular flexibility index (Phi) is 96.0. The van der Waals surface area contributed by atoms with Crippen LogP contribution >= 0.6 is 0 Å². The molecule has 0 fully saturated rings. The van der Waals surface area contributed by atoms with E-state index >= 15 is 0 Å². The first kappa shape index (κ1) is 138. The molecule has 0 aliphatic rings. The van der Waals surface area contributed by atoms with Crippen molar-refractivity contribution in [3.8, 4) is 0 Å². The number of rotatable bonds is 93. The third-order valence-corrected chi connectivity index (χ3v) is 19.4. The second-order valence-corrected chi connectivity index (χ2v) is 31.8. The number of carbonyl (C=O) groups is 2. The summed E-state index contributed by atoms with van der Waals surface area (Å²) in [4.78, 5) is 19.6. The van der Waals surface area contributed by atoms with E-state index in [9.17, 15) is 19.8 Å². The summed E-state index contributed by atoms with van der Waals surface area (Å²) in [5.74, 6) is -1.12. The average Bonchev–Trinajstić information content (AvgIpc) is 0.815. The van der Waals surface area contributed by atoms with Gasteiger partial charge < -0.3 is 167 Å². The summed E-state index contributed by atoms with van der Waals surface area (Å²) in [5.41, 5.74) is 11.4. The van der Waals surface area contributed by atoms with Gasteiger partial charge in [0.15, 0.2) is 0 Å². The first-order valence-electron chi connectivity index (χ1n) is 49.0. The normalized spacial score (nSPS) is 12.3. The van der Waals surface area contributed by atoms with Crippen LogP contribution in [0.4, 0.5) is 0 Å². The summed E-state index contributed by atoms with van der Waals surface area (Å²) in [7, 11) is 13.2. The molecule has 37 nitrogen and oxygen atoms in total. The van der Waals surface area contributed by atoms with Crippen LogP contribution in [0.3, 0.4) is 0 Å². The molecule has 0 aliphatic heterocycles. The Morgan fingerprint density at radius 2 is 0.366 bits per heavy atom. The van der Waals surface area contributed by atoms with Crippen LogP contribution in [0.25, 0.3) is 33.4 Å². The number of carbonyl (C=O) groups excluding carboxylic acids is 2. The molecule has 0 aromatic heterocycles. The molecule has 0 aliphatic carbocycles. The molecule has 0 heterocycles. The predicted molar refractivity (Wildman–Crippen MR) is 555 cm³/mol. The summed E-state index contributed by atoms with van der Waals surface area (Å²) in [6.07, 6.45) is 5.29. The molecule has 37 heteroatoms. The minimum Gasteiger partial charge on any atom is -0.498 e. The largest absolute Gasteiger partial charge is 0.498 e. The van der Waals surface area contributed by atoms with Crippen LogP contribution in [0, 0.1) is 0 Å². The summed E-state index contributed by atoms with van der Waals surface area (Å²) in [5, 5.41) is 21.6. The molecule has 832 valence electrons. The van der Waals surface area contributed by atoms with Crippen molar-refractivity contribution in [3.05, 3.63) is 180 Å². The maximum Gasteiger partial charge on any atom is 0.310 e. The molecule has 145 heavy (non-hydrogen) atoms. The molecule has 0 spiro atoms. The molecular weight excluding hydrogens is 1890 g/mol. The highest BCUT2D eigenvalue weighted by molar-refractivity contribution is 5.82. The zero-order valence-electron chi connectivity index (χ0n) is 89.8. The number of hydrogen-bond acceptors (Lipinski definition) is 37. The van der Waals surface area contributed by atoms with E-state index in [1.54, 1.807) is 114 Å². The lowest BCUT2D eigenvalue weighted by molar-refractivity contribution is -0.156. The summed E-state index contributed by atoms with van der Waals surface area (Å²) < 4.78 is 174. The van der Waals surface area contributed by atoms with E-state index in [4.69, 9.17) is 152 Å². The van der Waals surface area contributed by atoms with Crippen LogP contribution in [0.2, 0.25) is 0 Å². The van der Waals surface area contributed by atoms with Crippen molar-refractivity contribution in [1.82, 2.24) is 0 Å². The first-order valence-corrected chi connectivity index (χ1v) is 49.0. The minimum absolute atomic E-state index is 0.122. The van der Waals surface area contributed by atoms with Crippen LogP contribution in [0.5, 0.6) is 0 Å². The number of ether oxygens (including phenoxy) is 33. The van der Waals surface area contributed by atoms with Crippen molar-refractivity contribution in [2.45, 2.75) is 59.7 Å². The smallest absolute Gasteiger partial charge is 0.310 e. The predicted octanol–water partition coefficient (Wildman–Crippen LogP) is 11.9. The van der Waals surface area contributed by atoms with Crippen LogP contribution in [0.15, 0.2) is 136 Å². The third-order valence-electron chi connectivity index (χ3n) is 19.4. The maximum atomic E-state index is 10.8. The lowest BCUT2D eigenvalue weighted by atomic mass is 9.91. The van der Waals surface area contributed by atoms with E-state index < -0.39 is 23.1 Å². The summed E-state index contributed by atoms with van der Waals surface area (Å²) in [6, 6.07) is 31.7. The van der Waals surface area contributed by atoms with Crippen LogP contribution in [-0.4, -0.2) is 429 Å². The van der Waals surface area contributed by atoms with E-state index in [-0.39, 0.29) is 13.2 Å². The topological polar surface area (TPSA) is 379 Å². The number of methoxy groups -OCH3 is 8. The lowest BCUT2D eigenvalue weighted by Crippen LogP contribution is -2.30. The maximum absolute atomic E-state index is 10.8. The molecule has 0 radical (unpaired) electrons. The molecule has 0 saturated heterocycles. The minimum atomic E-state index is -1.17. The van der Waals surface area contributed by atoms with E-state index in [0.29, 0.717) is 348 Å². The van der Waals surface area contributed by atoms with Gasteiger partial charge in [-0.15, -0.1) is 0 Å². The number of benzene rings is 4. The van der Waals surface area contributed by atoms with Gasteiger partial charge in [-0.2, -0.15) is 0 Å². The van der Waals surface area contributed by atoms with Gasteiger partial charge in [0.25, 0.3) is 0 Å². The Balaban J connectivity index is 0.00000186. The Bertz CT molecular complexity index is 3540. The van der Waals surface area contributed by atoms with Gasteiger partial charge in [0.05, 0.1) is 349 Å². The van der Waals surface area contributed by atoms with Crippen molar-refractivity contribution in [3.63, 3.8) is 0 Å². The molecular formula is C108H178O37. The standard InChI is InChI=1S/C26H46O10.3C26H42O8.C4H6O3/c1-25(27,21-35-19-17-33-15-13-31-11-9-29-3)23-5-7-24(8-6-23)26(2,28)22-36-20-18-34-16-14-32-12-10-30-4;3*1-23(21-33-19-17-31-15-13-29-11-9-27-3)25-5-7-26(8-6-25)24(2)22-34-20-18-32-16-14-30-12-10-28-4;1-3(5)7-4(2)6/h5-8,27-28H,9-22H2,1-4H3;5-8,21-22H,9-20H2,1-4H3;5-8,22H,1,9-21H2,2-4H3;5-8H,1-2,9-22H2,3-4H3;1-2H3. The van der Waals surface area contributed by atoms with Gasteiger partial charge in [0.2, 0.25) is 0 Å². The first-order chi connectivity index (χ1) is 70.5. The van der Waals surface area contributed by atoms with Gasteiger partial charge >= 0.3 is 11.9 Å². The van der Waals surface area contributed by atoms with E-state index in [1.807, 2.05) is 57.2 Å². The lowest BCUT2D eigenvalue weighted by Gasteiger charge is -2.27. The number of allylic oxidation sites excluding steroid dienone is 3. The molecule has 2 atom stereocenters. The van der Waals surface area contributed by atoms with Gasteiger partial charge in [0.1, 0.15) is 31.0 Å². The highest BCUT2D eigenvalue weighted by Crippen LogP contribution is 2.28. The van der Waals surface area contributed by atoms with Crippen LogP contribution in [0.1, 0.15) is 93.0 Å². The summed E-state index contributed by atoms with van der Waals surface area (Å²) in [6.45, 7) is 51.3. The number of hydrogen-bond donors (Lipinski definition) is 2. The summed E-state index contributed by atoms with van der Waals surface area (Å²) >= 11 is 0. The van der Waals surface area contributed by atoms with Crippen LogP contribution in [-0.2, 0) is 177 Å². The van der Waals surface area contributed by atoms with E-state index in [2.05, 4.69) is 60.9 Å². The molecule has 0 saturated carbocycles. The number of esters is 2. The third kappa shape index (κ3) is 85.0. The molecule has 4 aromatic carbocycles. The van der Waals surface area contributed by atoms with Crippen molar-refractivity contribution in [2.75, 3.05) is 407 Å². The fourth-order valence-corrected chi connectivity index (χ4v) is 11.2. The molecule has 4 rings (SSSR count). The fraction of sp³-hybridized carbons (Fsp3) is 0.648. The van der Waals surface area contributed by atoms with Crippen molar-refractivity contribution < 1.29 is 176 Å².